The molecular formula is C4H7I3NO-. The van der Waals surface area contributed by atoms with Gasteiger partial charge in [-0.05, 0) is 0 Å². The van der Waals surface area contributed by atoms with Crippen LogP contribution in [0.5, 0.6) is 0 Å². The maximum absolute atomic E-state index is 10.7. The van der Waals surface area contributed by atoms with Crippen LogP contribution in [0.4, 0.5) is 0 Å². The standard InChI is InChI=1S/C4H7I3NO/c1-8-6-7-2-3(7)4(5)9/h3,8H,2H2,1H3/q-1. The summed E-state index contributed by atoms with van der Waals surface area (Å²) in [6, 6.07) is 0. The first kappa shape index (κ1) is 8.91. The van der Waals surface area contributed by atoms with Crippen LogP contribution in [0.15, 0.2) is 0 Å². The zero-order valence-corrected chi connectivity index (χ0v) is 11.3. The Morgan fingerprint density at radius 3 is 3.00 bits per heavy atom. The van der Waals surface area contributed by atoms with Crippen LogP contribution in [-0.4, -0.2) is 19.2 Å². The van der Waals surface area contributed by atoms with Crippen molar-refractivity contribution < 1.29 is 22.3 Å². The molecule has 1 rings (SSSR count). The van der Waals surface area contributed by atoms with Crippen LogP contribution in [0.25, 0.3) is 0 Å². The summed E-state index contributed by atoms with van der Waals surface area (Å²) in [5.74, 6) is 0. The van der Waals surface area contributed by atoms with Crippen molar-refractivity contribution in [3.63, 3.8) is 0 Å². The fourth-order valence-corrected chi connectivity index (χ4v) is 24.5. The van der Waals surface area contributed by atoms with Crippen LogP contribution >= 0.6 is 38.4 Å². The second-order valence-electron chi connectivity index (χ2n) is 1.52. The molecule has 5 heteroatoms. The monoisotopic (exact) mass is 466 g/mol. The van der Waals surface area contributed by atoms with Gasteiger partial charge in [-0.25, -0.2) is 0 Å². The van der Waals surface area contributed by atoms with E-state index in [2.05, 4.69) is 3.53 Å². The molecule has 0 radical (unpaired) electrons. The van der Waals surface area contributed by atoms with Crippen molar-refractivity contribution in [2.75, 3.05) is 11.5 Å². The average Bonchev–Trinajstić information content (AvgIpc) is 2.47. The van der Waals surface area contributed by atoms with Crippen molar-refractivity contribution in [2.45, 2.75) is 3.92 Å². The molecule has 1 aliphatic heterocycles. The predicted octanol–water partition coefficient (Wildman–Crippen LogP) is -2.02. The Morgan fingerprint density at radius 1 is 2.00 bits per heavy atom. The first-order chi connectivity index (χ1) is 4.25. The Bertz CT molecular complexity index is 129. The van der Waals surface area contributed by atoms with Crippen molar-refractivity contribution in [1.82, 2.24) is 3.53 Å². The first-order valence-electron chi connectivity index (χ1n) is 2.41. The number of nitrogens with one attached hydrogen (secondary N) is 1. The fraction of sp³-hybridized carbons (Fsp3) is 0.750. The minimum atomic E-state index is -0.605. The molecule has 1 fully saturated rings. The van der Waals surface area contributed by atoms with Crippen LogP contribution in [-0.2, 0) is 4.79 Å². The molecule has 9 heavy (non-hydrogen) atoms. The number of carbonyl (C=O) groups excluding carboxylic acids is 1. The van der Waals surface area contributed by atoms with Crippen molar-refractivity contribution in [3.8, 4) is 0 Å². The number of rotatable bonds is 3. The van der Waals surface area contributed by atoms with E-state index in [-0.39, 0.29) is 17.5 Å². The van der Waals surface area contributed by atoms with Gasteiger partial charge in [0.25, 0.3) is 0 Å². The molecule has 1 heterocycles. The van der Waals surface area contributed by atoms with Crippen LogP contribution in [0.1, 0.15) is 0 Å². The zero-order chi connectivity index (χ0) is 6.85. The molecule has 0 amide bonds. The van der Waals surface area contributed by atoms with Gasteiger partial charge in [-0.2, -0.15) is 0 Å². The SMILES string of the molecule is CN[I-]I1CC1C(=O)I. The summed E-state index contributed by atoms with van der Waals surface area (Å²) < 4.78 is 5.55. The number of hydrogen-bond acceptors (Lipinski definition) is 2. The topological polar surface area (TPSA) is 29.1 Å². The van der Waals surface area contributed by atoms with Gasteiger partial charge in [-0.15, -0.1) is 0 Å². The molecule has 0 aromatic rings. The second-order valence-corrected chi connectivity index (χ2v) is 18.1. The van der Waals surface area contributed by atoms with Crippen molar-refractivity contribution >= 4 is 42.2 Å². The number of hydrogen-bond donors (Lipinski definition) is 1. The maximum atomic E-state index is 10.7. The van der Waals surface area contributed by atoms with Gasteiger partial charge in [0.15, 0.2) is 0 Å². The molecule has 1 saturated heterocycles. The molecule has 2 nitrogen and oxygen atoms in total. The van der Waals surface area contributed by atoms with Gasteiger partial charge in [0, 0.05) is 0 Å². The molecule has 0 saturated carbocycles. The van der Waals surface area contributed by atoms with Gasteiger partial charge in [0.2, 0.25) is 0 Å². The van der Waals surface area contributed by atoms with E-state index < -0.39 is 15.8 Å². The third-order valence-electron chi connectivity index (χ3n) is 0.876. The number of halogens is 3. The molecule has 1 aliphatic rings. The van der Waals surface area contributed by atoms with Crippen LogP contribution in [0, 0.1) is 0 Å². The molecule has 0 aliphatic carbocycles. The fourth-order valence-electron chi connectivity index (χ4n) is 0.420. The summed E-state index contributed by atoms with van der Waals surface area (Å²) in [6.07, 6.45) is 0. The molecule has 0 spiro atoms. The number of alkyl halides is 2. The van der Waals surface area contributed by atoms with Crippen LogP contribution < -0.4 is 21.0 Å². The van der Waals surface area contributed by atoms with Gasteiger partial charge in [-0.3, -0.25) is 0 Å². The summed E-state index contributed by atoms with van der Waals surface area (Å²) in [6.45, 7) is 0. The Labute approximate surface area is 82.1 Å². The van der Waals surface area contributed by atoms with E-state index >= 15 is 0 Å². The first-order valence-corrected chi connectivity index (χ1v) is 13.6. The van der Waals surface area contributed by atoms with Crippen molar-refractivity contribution in [2.24, 2.45) is 0 Å². The van der Waals surface area contributed by atoms with E-state index in [1.54, 1.807) is 0 Å². The third kappa shape index (κ3) is 2.73. The van der Waals surface area contributed by atoms with Gasteiger partial charge in [0.1, 0.15) is 0 Å². The molecule has 1 atom stereocenters. The summed E-state index contributed by atoms with van der Waals surface area (Å²) in [4.78, 5) is 10.7. The molecule has 1 unspecified atom stereocenters. The average molecular weight is 466 g/mol. The molecule has 56 valence electrons. The summed E-state index contributed by atoms with van der Waals surface area (Å²) >= 11 is 1.62. The molecule has 0 bridgehead atoms. The number of carbonyl (C=O) groups is 1. The Morgan fingerprint density at radius 2 is 2.67 bits per heavy atom. The van der Waals surface area contributed by atoms with E-state index in [9.17, 15) is 4.79 Å². The third-order valence-corrected chi connectivity index (χ3v) is 19.3. The molecule has 0 aromatic heterocycles. The van der Waals surface area contributed by atoms with Crippen LogP contribution in [0.2, 0.25) is 0 Å². The summed E-state index contributed by atoms with van der Waals surface area (Å²) in [5.41, 5.74) is 0. The van der Waals surface area contributed by atoms with Crippen molar-refractivity contribution in [3.05, 3.63) is 0 Å². The summed E-state index contributed by atoms with van der Waals surface area (Å²) in [5, 5.41) is 0. The van der Waals surface area contributed by atoms with Crippen LogP contribution in [0.3, 0.4) is 0 Å². The molecular weight excluding hydrogens is 459 g/mol. The Hall–Kier alpha value is 1.82. The molecule has 1 N–H and O–H groups in total. The quantitative estimate of drug-likeness (QED) is 0.226. The van der Waals surface area contributed by atoms with E-state index in [0.29, 0.717) is 7.71 Å². The van der Waals surface area contributed by atoms with E-state index in [4.69, 9.17) is 0 Å². The molecule has 0 aromatic carbocycles. The van der Waals surface area contributed by atoms with E-state index in [1.807, 2.05) is 29.6 Å². The predicted molar refractivity (Wildman–Crippen MR) is 50.8 cm³/mol. The second kappa shape index (κ2) is 4.00. The van der Waals surface area contributed by atoms with E-state index in [1.165, 1.54) is 4.43 Å². The van der Waals surface area contributed by atoms with Crippen molar-refractivity contribution in [1.29, 1.82) is 0 Å². The minimum absolute atomic E-state index is 0.287. The van der Waals surface area contributed by atoms with Gasteiger partial charge in [-0.1, -0.05) is 0 Å². The van der Waals surface area contributed by atoms with Gasteiger partial charge >= 0.3 is 83.5 Å². The van der Waals surface area contributed by atoms with E-state index in [0.717, 1.165) is 0 Å². The van der Waals surface area contributed by atoms with Gasteiger partial charge < -0.3 is 0 Å². The Kier molecular flexibility index (Phi) is 3.96. The van der Waals surface area contributed by atoms with Gasteiger partial charge in [0.05, 0.1) is 0 Å². The normalized spacial score (nSPS) is 28.7. The zero-order valence-electron chi connectivity index (χ0n) is 4.83. The summed E-state index contributed by atoms with van der Waals surface area (Å²) in [7, 11) is 2.01. The Balaban J connectivity index is 2.17.